The van der Waals surface area contributed by atoms with E-state index in [0.717, 1.165) is 28.2 Å². The van der Waals surface area contributed by atoms with Crippen molar-refractivity contribution in [2.45, 2.75) is 6.54 Å². The number of fused-ring (bicyclic) bond motifs is 5. The zero-order chi connectivity index (χ0) is 17.7. The van der Waals surface area contributed by atoms with Gasteiger partial charge in [-0.25, -0.2) is 9.37 Å². The maximum absolute atomic E-state index is 13.6. The van der Waals surface area contributed by atoms with E-state index in [0.29, 0.717) is 12.1 Å². The smallest absolute Gasteiger partial charge is 0.258 e. The van der Waals surface area contributed by atoms with Gasteiger partial charge in [0.15, 0.2) is 0 Å². The SMILES string of the molecule is O=C(c1cccc(F)c1)N1Cc2nc3ccccc3n2-c2ccccc21. The van der Waals surface area contributed by atoms with E-state index in [1.54, 1.807) is 17.0 Å². The number of carbonyl (C=O) groups is 1. The maximum atomic E-state index is 13.6. The predicted molar refractivity (Wildman–Crippen MR) is 98.0 cm³/mol. The van der Waals surface area contributed by atoms with Gasteiger partial charge in [0.05, 0.1) is 29.0 Å². The van der Waals surface area contributed by atoms with E-state index < -0.39 is 5.82 Å². The van der Waals surface area contributed by atoms with Crippen molar-refractivity contribution in [3.63, 3.8) is 0 Å². The number of hydrogen-bond donors (Lipinski definition) is 0. The first-order valence-electron chi connectivity index (χ1n) is 8.35. The minimum atomic E-state index is -0.423. The maximum Gasteiger partial charge on any atom is 0.258 e. The highest BCUT2D eigenvalue weighted by atomic mass is 19.1. The Morgan fingerprint density at radius 3 is 2.54 bits per heavy atom. The minimum absolute atomic E-state index is 0.241. The van der Waals surface area contributed by atoms with Crippen molar-refractivity contribution in [2.75, 3.05) is 4.90 Å². The van der Waals surface area contributed by atoms with E-state index in [-0.39, 0.29) is 5.91 Å². The van der Waals surface area contributed by atoms with Gasteiger partial charge in [-0.3, -0.25) is 14.3 Å². The number of amides is 1. The molecule has 0 spiro atoms. The van der Waals surface area contributed by atoms with Gasteiger partial charge >= 0.3 is 0 Å². The monoisotopic (exact) mass is 343 g/mol. The molecule has 1 aliphatic heterocycles. The zero-order valence-electron chi connectivity index (χ0n) is 13.8. The van der Waals surface area contributed by atoms with Crippen LogP contribution in [0.25, 0.3) is 16.7 Å². The molecule has 3 aromatic carbocycles. The number of imidazole rings is 1. The summed E-state index contributed by atoms with van der Waals surface area (Å²) in [5.41, 5.74) is 3.90. The van der Waals surface area contributed by atoms with E-state index >= 15 is 0 Å². The summed E-state index contributed by atoms with van der Waals surface area (Å²) in [7, 11) is 0. The first-order valence-corrected chi connectivity index (χ1v) is 8.35. The van der Waals surface area contributed by atoms with Crippen molar-refractivity contribution in [1.82, 2.24) is 9.55 Å². The van der Waals surface area contributed by atoms with Crippen LogP contribution in [-0.2, 0) is 6.54 Å². The highest BCUT2D eigenvalue weighted by Crippen LogP contribution is 2.35. The lowest BCUT2D eigenvalue weighted by atomic mass is 10.1. The standard InChI is InChI=1S/C21H14FN3O/c22-15-7-5-6-14(12-15)21(26)24-13-20-23-16-8-1-2-9-17(16)25(20)19-11-4-3-10-18(19)24/h1-12H,13H2. The summed E-state index contributed by atoms with van der Waals surface area (Å²) in [4.78, 5) is 19.4. The molecule has 0 fully saturated rings. The lowest BCUT2D eigenvalue weighted by Gasteiger charge is -2.30. The van der Waals surface area contributed by atoms with Crippen molar-refractivity contribution < 1.29 is 9.18 Å². The molecule has 1 amide bonds. The molecule has 0 saturated carbocycles. The van der Waals surface area contributed by atoms with Gasteiger partial charge in [0, 0.05) is 5.56 Å². The van der Waals surface area contributed by atoms with E-state index in [9.17, 15) is 9.18 Å². The molecule has 26 heavy (non-hydrogen) atoms. The van der Waals surface area contributed by atoms with E-state index in [1.807, 2.05) is 48.5 Å². The van der Waals surface area contributed by atoms with Gasteiger partial charge in [0.25, 0.3) is 5.91 Å². The third-order valence-corrected chi connectivity index (χ3v) is 4.66. The molecule has 0 atom stereocenters. The van der Waals surface area contributed by atoms with Gasteiger partial charge in [-0.1, -0.05) is 30.3 Å². The highest BCUT2D eigenvalue weighted by Gasteiger charge is 2.29. The molecule has 2 heterocycles. The number of aromatic nitrogens is 2. The van der Waals surface area contributed by atoms with Crippen molar-refractivity contribution >= 4 is 22.6 Å². The summed E-state index contributed by atoms with van der Waals surface area (Å²) in [6.45, 7) is 0.334. The lowest BCUT2D eigenvalue weighted by Crippen LogP contribution is -2.35. The van der Waals surface area contributed by atoms with Gasteiger partial charge in [0.1, 0.15) is 11.6 Å². The summed E-state index contributed by atoms with van der Waals surface area (Å²) < 4.78 is 15.7. The van der Waals surface area contributed by atoms with E-state index in [2.05, 4.69) is 4.57 Å². The van der Waals surface area contributed by atoms with Crippen molar-refractivity contribution in [3.8, 4) is 5.69 Å². The van der Waals surface area contributed by atoms with Gasteiger partial charge in [-0.15, -0.1) is 0 Å². The van der Waals surface area contributed by atoms with Crippen LogP contribution in [0.3, 0.4) is 0 Å². The molecule has 1 aromatic heterocycles. The van der Waals surface area contributed by atoms with Crippen LogP contribution in [0.1, 0.15) is 16.2 Å². The van der Waals surface area contributed by atoms with Gasteiger partial charge < -0.3 is 0 Å². The topological polar surface area (TPSA) is 38.1 Å². The van der Waals surface area contributed by atoms with E-state index in [1.165, 1.54) is 12.1 Å². The third kappa shape index (κ3) is 2.14. The Morgan fingerprint density at radius 1 is 0.923 bits per heavy atom. The summed E-state index contributed by atoms with van der Waals surface area (Å²) >= 11 is 0. The van der Waals surface area contributed by atoms with Crippen LogP contribution in [0.4, 0.5) is 10.1 Å². The summed E-state index contributed by atoms with van der Waals surface area (Å²) in [6, 6.07) is 21.4. The molecule has 4 nitrogen and oxygen atoms in total. The summed E-state index contributed by atoms with van der Waals surface area (Å²) in [5, 5.41) is 0. The molecular weight excluding hydrogens is 329 g/mol. The van der Waals surface area contributed by atoms with Crippen LogP contribution in [0.2, 0.25) is 0 Å². The molecule has 126 valence electrons. The first kappa shape index (κ1) is 14.8. The molecule has 1 aliphatic rings. The average molecular weight is 343 g/mol. The second-order valence-corrected chi connectivity index (χ2v) is 6.24. The number of halogens is 1. The molecule has 0 bridgehead atoms. The Bertz CT molecular complexity index is 1160. The Kier molecular flexibility index (Phi) is 3.15. The van der Waals surface area contributed by atoms with E-state index in [4.69, 9.17) is 4.98 Å². The van der Waals surface area contributed by atoms with Gasteiger partial charge in [-0.2, -0.15) is 0 Å². The Balaban J connectivity index is 1.70. The quantitative estimate of drug-likeness (QED) is 0.516. The Hall–Kier alpha value is -3.47. The number of carbonyl (C=O) groups excluding carboxylic acids is 1. The summed E-state index contributed by atoms with van der Waals surface area (Å²) in [5.74, 6) is 0.123. The lowest BCUT2D eigenvalue weighted by molar-refractivity contribution is 0.0983. The van der Waals surface area contributed by atoms with Gasteiger partial charge in [0.2, 0.25) is 0 Å². The second-order valence-electron chi connectivity index (χ2n) is 6.24. The number of para-hydroxylation sites is 4. The van der Waals surface area contributed by atoms with Crippen LogP contribution in [0.5, 0.6) is 0 Å². The van der Waals surface area contributed by atoms with Crippen LogP contribution < -0.4 is 4.90 Å². The Morgan fingerprint density at radius 2 is 1.69 bits per heavy atom. The normalized spacial score (nSPS) is 12.7. The number of hydrogen-bond acceptors (Lipinski definition) is 2. The molecule has 5 heteroatoms. The fraction of sp³-hybridized carbons (Fsp3) is 0.0476. The molecule has 0 unspecified atom stereocenters. The first-order chi connectivity index (χ1) is 12.7. The fourth-order valence-electron chi connectivity index (χ4n) is 3.52. The van der Waals surface area contributed by atoms with Crippen molar-refractivity contribution in [2.24, 2.45) is 0 Å². The summed E-state index contributed by atoms with van der Waals surface area (Å²) in [6.07, 6.45) is 0. The largest absolute Gasteiger partial charge is 0.299 e. The number of anilines is 1. The van der Waals surface area contributed by atoms with Crippen molar-refractivity contribution in [3.05, 3.63) is 90.0 Å². The average Bonchev–Trinajstić information content (AvgIpc) is 3.05. The molecule has 5 rings (SSSR count). The fourth-order valence-corrected chi connectivity index (χ4v) is 3.52. The van der Waals surface area contributed by atoms with Crippen LogP contribution >= 0.6 is 0 Å². The van der Waals surface area contributed by atoms with Gasteiger partial charge in [-0.05, 0) is 42.5 Å². The highest BCUT2D eigenvalue weighted by molar-refractivity contribution is 6.07. The number of rotatable bonds is 1. The molecule has 0 N–H and O–H groups in total. The zero-order valence-corrected chi connectivity index (χ0v) is 13.8. The Labute approximate surface area is 149 Å². The van der Waals surface area contributed by atoms with Crippen LogP contribution in [-0.4, -0.2) is 15.5 Å². The third-order valence-electron chi connectivity index (χ3n) is 4.66. The van der Waals surface area contributed by atoms with Crippen LogP contribution in [0.15, 0.2) is 72.8 Å². The predicted octanol–water partition coefficient (Wildman–Crippen LogP) is 4.33. The van der Waals surface area contributed by atoms with Crippen molar-refractivity contribution in [1.29, 1.82) is 0 Å². The molecule has 0 aliphatic carbocycles. The number of nitrogens with zero attached hydrogens (tertiary/aromatic N) is 3. The molecule has 0 radical (unpaired) electrons. The molecule has 4 aromatic rings. The molecular formula is C21H14FN3O. The minimum Gasteiger partial charge on any atom is -0.299 e. The van der Waals surface area contributed by atoms with Crippen LogP contribution in [0, 0.1) is 5.82 Å². The number of benzene rings is 3. The second kappa shape index (κ2) is 5.52. The molecule has 0 saturated heterocycles.